The molecule has 5 heteroatoms. The Morgan fingerprint density at radius 3 is 2.78 bits per heavy atom. The quantitative estimate of drug-likeness (QED) is 0.901. The van der Waals surface area contributed by atoms with Gasteiger partial charge in [0.05, 0.1) is 11.4 Å². The highest BCUT2D eigenvalue weighted by molar-refractivity contribution is 6.31. The molecule has 0 aliphatic carbocycles. The summed E-state index contributed by atoms with van der Waals surface area (Å²) in [6.45, 7) is 4.00. The summed E-state index contributed by atoms with van der Waals surface area (Å²) in [5.41, 5.74) is 8.38. The number of nitrogens with two attached hydrogens (primary N) is 1. The van der Waals surface area contributed by atoms with Crippen LogP contribution in [0.2, 0.25) is 5.02 Å². The topological polar surface area (TPSA) is 60.9 Å². The molecule has 18 heavy (non-hydrogen) atoms. The molecule has 2 rings (SSSR count). The highest BCUT2D eigenvalue weighted by Gasteiger charge is 2.09. The molecule has 1 aromatic carbocycles. The average Bonchev–Trinajstić information content (AvgIpc) is 2.35. The fourth-order valence-corrected chi connectivity index (χ4v) is 1.95. The van der Waals surface area contributed by atoms with Crippen molar-refractivity contribution in [2.75, 3.05) is 0 Å². The fourth-order valence-electron chi connectivity index (χ4n) is 1.78. The van der Waals surface area contributed by atoms with Crippen LogP contribution in [0.4, 0.5) is 0 Å². The van der Waals surface area contributed by atoms with Gasteiger partial charge < -0.3 is 5.73 Å². The first-order chi connectivity index (χ1) is 8.54. The van der Waals surface area contributed by atoms with Crippen molar-refractivity contribution in [3.8, 4) is 5.69 Å². The Labute approximate surface area is 110 Å². The molecule has 2 N–H and O–H groups in total. The van der Waals surface area contributed by atoms with Gasteiger partial charge >= 0.3 is 0 Å². The van der Waals surface area contributed by atoms with Gasteiger partial charge in [0, 0.05) is 17.6 Å². The summed E-state index contributed by atoms with van der Waals surface area (Å²) < 4.78 is 1.36. The molecule has 0 atom stereocenters. The van der Waals surface area contributed by atoms with E-state index in [4.69, 9.17) is 17.3 Å². The summed E-state index contributed by atoms with van der Waals surface area (Å²) in [5.74, 6) is 0. The van der Waals surface area contributed by atoms with E-state index in [0.717, 1.165) is 16.8 Å². The number of nitrogens with zero attached hydrogens (tertiary/aromatic N) is 2. The number of rotatable bonds is 2. The second-order valence-electron chi connectivity index (χ2n) is 4.09. The van der Waals surface area contributed by atoms with Crippen LogP contribution in [0.5, 0.6) is 0 Å². The smallest absolute Gasteiger partial charge is 0.271 e. The Morgan fingerprint density at radius 1 is 1.39 bits per heavy atom. The molecule has 0 aliphatic rings. The molecule has 0 aliphatic heterocycles. The lowest BCUT2D eigenvalue weighted by atomic mass is 10.2. The van der Waals surface area contributed by atoms with Crippen LogP contribution < -0.4 is 11.3 Å². The summed E-state index contributed by atoms with van der Waals surface area (Å²) >= 11 is 6.05. The highest BCUT2D eigenvalue weighted by atomic mass is 35.5. The minimum atomic E-state index is -0.202. The Hall–Kier alpha value is -1.65. The molecular weight excluding hydrogens is 250 g/mol. The van der Waals surface area contributed by atoms with Crippen molar-refractivity contribution in [2.24, 2.45) is 5.73 Å². The van der Waals surface area contributed by atoms with E-state index in [2.05, 4.69) is 5.10 Å². The van der Waals surface area contributed by atoms with E-state index in [0.29, 0.717) is 17.3 Å². The molecule has 0 saturated carbocycles. The minimum Gasteiger partial charge on any atom is -0.326 e. The molecular formula is C13H14ClN3O. The normalized spacial score (nSPS) is 10.7. The first kappa shape index (κ1) is 12.8. The van der Waals surface area contributed by atoms with Gasteiger partial charge in [0.25, 0.3) is 5.56 Å². The van der Waals surface area contributed by atoms with Crippen LogP contribution in [0.1, 0.15) is 16.8 Å². The van der Waals surface area contributed by atoms with Gasteiger partial charge in [0.15, 0.2) is 0 Å². The molecule has 1 aromatic heterocycles. The predicted octanol–water partition coefficient (Wildman–Crippen LogP) is 1.96. The zero-order valence-electron chi connectivity index (χ0n) is 10.3. The number of hydrogen-bond donors (Lipinski definition) is 1. The predicted molar refractivity (Wildman–Crippen MR) is 72.2 cm³/mol. The van der Waals surface area contributed by atoms with Gasteiger partial charge in [-0.3, -0.25) is 4.79 Å². The molecule has 0 bridgehead atoms. The first-order valence-electron chi connectivity index (χ1n) is 5.60. The van der Waals surface area contributed by atoms with Gasteiger partial charge in [-0.05, 0) is 37.1 Å². The molecule has 0 saturated heterocycles. The maximum absolute atomic E-state index is 12.0. The Morgan fingerprint density at radius 2 is 2.11 bits per heavy atom. The maximum Gasteiger partial charge on any atom is 0.271 e. The molecule has 0 amide bonds. The maximum atomic E-state index is 12.0. The van der Waals surface area contributed by atoms with Crippen LogP contribution in [0, 0.1) is 13.8 Å². The monoisotopic (exact) mass is 263 g/mol. The molecule has 0 radical (unpaired) electrons. The van der Waals surface area contributed by atoms with Crippen LogP contribution in [0.25, 0.3) is 5.69 Å². The number of benzene rings is 1. The molecule has 0 fully saturated rings. The number of halogens is 1. The summed E-state index contributed by atoms with van der Waals surface area (Å²) in [5, 5.41) is 4.89. The summed E-state index contributed by atoms with van der Waals surface area (Å²) in [4.78, 5) is 12.0. The average molecular weight is 264 g/mol. The van der Waals surface area contributed by atoms with Gasteiger partial charge in [-0.2, -0.15) is 9.78 Å². The largest absolute Gasteiger partial charge is 0.326 e. The van der Waals surface area contributed by atoms with E-state index in [1.807, 2.05) is 19.9 Å². The fraction of sp³-hybridized carbons (Fsp3) is 0.231. The van der Waals surface area contributed by atoms with Gasteiger partial charge in [-0.1, -0.05) is 17.7 Å². The van der Waals surface area contributed by atoms with E-state index >= 15 is 0 Å². The van der Waals surface area contributed by atoms with Crippen molar-refractivity contribution in [3.63, 3.8) is 0 Å². The van der Waals surface area contributed by atoms with Gasteiger partial charge in [0.1, 0.15) is 0 Å². The Kier molecular flexibility index (Phi) is 3.50. The van der Waals surface area contributed by atoms with Crippen molar-refractivity contribution in [3.05, 3.63) is 56.5 Å². The van der Waals surface area contributed by atoms with E-state index in [-0.39, 0.29) is 5.56 Å². The van der Waals surface area contributed by atoms with Crippen molar-refractivity contribution in [1.29, 1.82) is 0 Å². The molecule has 4 nitrogen and oxygen atoms in total. The summed E-state index contributed by atoms with van der Waals surface area (Å²) in [6, 6.07) is 6.91. The van der Waals surface area contributed by atoms with Gasteiger partial charge in [0.2, 0.25) is 0 Å². The molecule has 2 aromatic rings. The first-order valence-corrected chi connectivity index (χ1v) is 5.98. The molecule has 94 valence electrons. The lowest BCUT2D eigenvalue weighted by Crippen LogP contribution is -2.24. The third-order valence-electron chi connectivity index (χ3n) is 2.91. The second kappa shape index (κ2) is 4.92. The zero-order chi connectivity index (χ0) is 13.3. The number of aromatic nitrogens is 2. The number of aryl methyl sites for hydroxylation is 1. The SMILES string of the molecule is Cc1nn(-c2cccc(Cl)c2C)c(=O)cc1CN. The second-order valence-corrected chi connectivity index (χ2v) is 4.50. The van der Waals surface area contributed by atoms with Crippen LogP contribution >= 0.6 is 11.6 Å². The van der Waals surface area contributed by atoms with Gasteiger partial charge in [-0.25, -0.2) is 0 Å². The van der Waals surface area contributed by atoms with Crippen LogP contribution in [-0.4, -0.2) is 9.78 Å². The lowest BCUT2D eigenvalue weighted by molar-refractivity contribution is 0.763. The number of hydrogen-bond acceptors (Lipinski definition) is 3. The van der Waals surface area contributed by atoms with E-state index in [1.165, 1.54) is 10.7 Å². The van der Waals surface area contributed by atoms with Crippen LogP contribution in [-0.2, 0) is 6.54 Å². The van der Waals surface area contributed by atoms with E-state index in [9.17, 15) is 4.79 Å². The highest BCUT2D eigenvalue weighted by Crippen LogP contribution is 2.20. The van der Waals surface area contributed by atoms with Crippen LogP contribution in [0.15, 0.2) is 29.1 Å². The zero-order valence-corrected chi connectivity index (χ0v) is 11.0. The minimum absolute atomic E-state index is 0.202. The van der Waals surface area contributed by atoms with Crippen molar-refractivity contribution < 1.29 is 0 Å². The van der Waals surface area contributed by atoms with Gasteiger partial charge in [-0.15, -0.1) is 0 Å². The standard InChI is InChI=1S/C13H14ClN3O/c1-8-11(14)4-3-5-12(8)17-13(18)6-10(7-15)9(2)16-17/h3-6H,7,15H2,1-2H3. The summed E-state index contributed by atoms with van der Waals surface area (Å²) in [6.07, 6.45) is 0. The molecule has 0 unspecified atom stereocenters. The van der Waals surface area contributed by atoms with E-state index in [1.54, 1.807) is 12.1 Å². The van der Waals surface area contributed by atoms with Crippen molar-refractivity contribution >= 4 is 11.6 Å². The third kappa shape index (κ3) is 2.17. The van der Waals surface area contributed by atoms with Crippen LogP contribution in [0.3, 0.4) is 0 Å². The van der Waals surface area contributed by atoms with E-state index < -0.39 is 0 Å². The molecule has 1 heterocycles. The molecule has 0 spiro atoms. The summed E-state index contributed by atoms with van der Waals surface area (Å²) in [7, 11) is 0. The lowest BCUT2D eigenvalue weighted by Gasteiger charge is -2.11. The van der Waals surface area contributed by atoms with Crippen molar-refractivity contribution in [2.45, 2.75) is 20.4 Å². The Balaban J connectivity index is 2.69. The third-order valence-corrected chi connectivity index (χ3v) is 3.32. The Bertz CT molecular complexity index is 649. The van der Waals surface area contributed by atoms with Crippen molar-refractivity contribution in [1.82, 2.24) is 9.78 Å².